The lowest BCUT2D eigenvalue weighted by atomic mass is 10.2. The van der Waals surface area contributed by atoms with Crippen LogP contribution in [0.15, 0.2) is 24.3 Å². The Morgan fingerprint density at radius 2 is 2.19 bits per heavy atom. The summed E-state index contributed by atoms with van der Waals surface area (Å²) >= 11 is 6.66. The zero-order valence-electron chi connectivity index (χ0n) is 8.73. The van der Waals surface area contributed by atoms with Crippen LogP contribution in [-0.2, 0) is 9.53 Å². The van der Waals surface area contributed by atoms with E-state index in [2.05, 4.69) is 0 Å². The van der Waals surface area contributed by atoms with E-state index in [-0.39, 0.29) is 16.8 Å². The van der Waals surface area contributed by atoms with Crippen LogP contribution in [0.1, 0.15) is 17.3 Å². The van der Waals surface area contributed by atoms with Crippen LogP contribution < -0.4 is 0 Å². The molecule has 0 unspecified atom stereocenters. The van der Waals surface area contributed by atoms with Gasteiger partial charge in [-0.05, 0) is 19.1 Å². The Kier molecular flexibility index (Phi) is 5.35. The Hall–Kier alpha value is -1.00. The molecule has 0 spiro atoms. The van der Waals surface area contributed by atoms with Gasteiger partial charge in [0.05, 0.1) is 12.4 Å². The second kappa shape index (κ2) is 6.55. The van der Waals surface area contributed by atoms with Crippen LogP contribution in [0.25, 0.3) is 0 Å². The van der Waals surface area contributed by atoms with Gasteiger partial charge < -0.3 is 4.74 Å². The molecule has 86 valence electrons. The largest absolute Gasteiger partial charge is 0.465 e. The monoisotopic (exact) mass is 258 g/mol. The van der Waals surface area contributed by atoms with E-state index in [0.29, 0.717) is 17.2 Å². The molecule has 0 amide bonds. The lowest BCUT2D eigenvalue weighted by Gasteiger charge is -2.01. The Labute approximate surface area is 103 Å². The van der Waals surface area contributed by atoms with Gasteiger partial charge in [-0.1, -0.05) is 35.5 Å². The van der Waals surface area contributed by atoms with Crippen molar-refractivity contribution in [1.82, 2.24) is 0 Å². The number of thioether (sulfide) groups is 1. The molecule has 0 atom stereocenters. The third-order valence-corrected chi connectivity index (χ3v) is 2.80. The maximum absolute atomic E-state index is 11.6. The second-order valence-electron chi connectivity index (χ2n) is 2.89. The fraction of sp³-hybridized carbons (Fsp3) is 0.273. The topological polar surface area (TPSA) is 43.4 Å². The number of hydrogen-bond acceptors (Lipinski definition) is 4. The summed E-state index contributed by atoms with van der Waals surface area (Å²) in [5.74, 6) is -0.359. The second-order valence-corrected chi connectivity index (χ2v) is 4.28. The molecule has 0 fully saturated rings. The highest BCUT2D eigenvalue weighted by Crippen LogP contribution is 2.16. The molecular weight excluding hydrogens is 248 g/mol. The van der Waals surface area contributed by atoms with E-state index in [0.717, 1.165) is 11.8 Å². The summed E-state index contributed by atoms with van der Waals surface area (Å²) in [5, 5.41) is 0.318. The van der Waals surface area contributed by atoms with Gasteiger partial charge in [0.15, 0.2) is 0 Å². The van der Waals surface area contributed by atoms with E-state index >= 15 is 0 Å². The van der Waals surface area contributed by atoms with E-state index in [1.54, 1.807) is 31.2 Å². The van der Waals surface area contributed by atoms with Gasteiger partial charge >= 0.3 is 5.97 Å². The smallest absolute Gasteiger partial charge is 0.316 e. The molecule has 0 heterocycles. The number of hydrogen-bond donors (Lipinski definition) is 0. The maximum Gasteiger partial charge on any atom is 0.316 e. The van der Waals surface area contributed by atoms with Crippen molar-refractivity contribution in [3.8, 4) is 0 Å². The van der Waals surface area contributed by atoms with E-state index in [1.807, 2.05) is 0 Å². The molecule has 0 bridgehead atoms. The van der Waals surface area contributed by atoms with E-state index in [4.69, 9.17) is 16.3 Å². The van der Waals surface area contributed by atoms with Crippen molar-refractivity contribution in [2.75, 3.05) is 12.4 Å². The zero-order valence-corrected chi connectivity index (χ0v) is 10.3. The number of ether oxygens (including phenoxy) is 1. The molecule has 1 aromatic carbocycles. The molecule has 0 aliphatic rings. The summed E-state index contributed by atoms with van der Waals surface area (Å²) in [6.45, 7) is 2.05. The lowest BCUT2D eigenvalue weighted by Crippen LogP contribution is -2.08. The molecule has 5 heteroatoms. The summed E-state index contributed by atoms with van der Waals surface area (Å²) in [6.07, 6.45) is 0. The predicted molar refractivity (Wildman–Crippen MR) is 64.9 cm³/mol. The van der Waals surface area contributed by atoms with Crippen molar-refractivity contribution in [1.29, 1.82) is 0 Å². The van der Waals surface area contributed by atoms with Gasteiger partial charge in [-0.25, -0.2) is 0 Å². The highest BCUT2D eigenvalue weighted by Gasteiger charge is 2.10. The first-order valence-corrected chi connectivity index (χ1v) is 6.08. The minimum absolute atomic E-state index is 0.0270. The first kappa shape index (κ1) is 13.1. The van der Waals surface area contributed by atoms with Crippen LogP contribution in [0, 0.1) is 0 Å². The minimum atomic E-state index is -0.386. The molecule has 0 N–H and O–H groups in total. The molecule has 3 nitrogen and oxygen atoms in total. The average molecular weight is 259 g/mol. The molecular formula is C11H11ClO3S. The molecule has 1 rings (SSSR count). The molecule has 16 heavy (non-hydrogen) atoms. The summed E-state index contributed by atoms with van der Waals surface area (Å²) in [5.41, 5.74) is 0.488. The van der Waals surface area contributed by atoms with Gasteiger partial charge in [-0.2, -0.15) is 0 Å². The molecule has 0 saturated carbocycles. The van der Waals surface area contributed by atoms with Crippen LogP contribution in [0.5, 0.6) is 0 Å². The highest BCUT2D eigenvalue weighted by atomic mass is 35.5. The van der Waals surface area contributed by atoms with Crippen molar-refractivity contribution >= 4 is 34.4 Å². The molecule has 0 saturated heterocycles. The number of rotatable bonds is 4. The maximum atomic E-state index is 11.6. The Morgan fingerprint density at radius 1 is 1.44 bits per heavy atom. The molecule has 0 aromatic heterocycles. The van der Waals surface area contributed by atoms with Crippen LogP contribution >= 0.6 is 23.4 Å². The summed E-state index contributed by atoms with van der Waals surface area (Å²) < 4.78 is 4.71. The first-order valence-electron chi connectivity index (χ1n) is 4.71. The number of halogens is 1. The SMILES string of the molecule is CCOC(=O)CSC(=O)c1cccc(Cl)c1. The van der Waals surface area contributed by atoms with Crippen LogP contribution in [-0.4, -0.2) is 23.4 Å². The Bertz CT molecular complexity index is 393. The number of carbonyl (C=O) groups excluding carboxylic acids is 2. The zero-order chi connectivity index (χ0) is 12.0. The predicted octanol–water partition coefficient (Wildman–Crippen LogP) is 2.78. The molecule has 1 aromatic rings. The summed E-state index contributed by atoms with van der Waals surface area (Å²) in [6, 6.07) is 6.61. The van der Waals surface area contributed by atoms with Crippen molar-refractivity contribution < 1.29 is 14.3 Å². The third kappa shape index (κ3) is 4.24. The fourth-order valence-corrected chi connectivity index (χ4v) is 1.84. The highest BCUT2D eigenvalue weighted by molar-refractivity contribution is 8.14. The van der Waals surface area contributed by atoms with Gasteiger partial charge in [-0.15, -0.1) is 0 Å². The van der Waals surface area contributed by atoms with Crippen LogP contribution in [0.3, 0.4) is 0 Å². The van der Waals surface area contributed by atoms with Crippen molar-refractivity contribution in [2.24, 2.45) is 0 Å². The number of esters is 1. The Balaban J connectivity index is 2.50. The van der Waals surface area contributed by atoms with E-state index < -0.39 is 0 Å². The quantitative estimate of drug-likeness (QED) is 0.779. The standard InChI is InChI=1S/C11H11ClO3S/c1-2-15-10(13)7-16-11(14)8-4-3-5-9(12)6-8/h3-6H,2,7H2,1H3. The van der Waals surface area contributed by atoms with Crippen molar-refractivity contribution in [3.05, 3.63) is 34.9 Å². The van der Waals surface area contributed by atoms with Crippen molar-refractivity contribution in [2.45, 2.75) is 6.92 Å². The minimum Gasteiger partial charge on any atom is -0.465 e. The summed E-state index contributed by atoms with van der Waals surface area (Å²) in [7, 11) is 0. The lowest BCUT2D eigenvalue weighted by molar-refractivity contribution is -0.139. The molecule has 0 aliphatic carbocycles. The summed E-state index contributed by atoms with van der Waals surface area (Å²) in [4.78, 5) is 22.6. The number of carbonyl (C=O) groups is 2. The van der Waals surface area contributed by atoms with Gasteiger partial charge in [0, 0.05) is 10.6 Å². The van der Waals surface area contributed by atoms with Gasteiger partial charge in [-0.3, -0.25) is 9.59 Å². The molecule has 0 radical (unpaired) electrons. The van der Waals surface area contributed by atoms with Gasteiger partial charge in [0.2, 0.25) is 5.12 Å². The van der Waals surface area contributed by atoms with Crippen LogP contribution in [0.4, 0.5) is 0 Å². The average Bonchev–Trinajstić information content (AvgIpc) is 2.26. The van der Waals surface area contributed by atoms with Gasteiger partial charge in [0.1, 0.15) is 0 Å². The Morgan fingerprint density at radius 3 is 2.81 bits per heavy atom. The first-order chi connectivity index (χ1) is 7.63. The molecule has 0 aliphatic heterocycles. The van der Waals surface area contributed by atoms with Crippen molar-refractivity contribution in [3.63, 3.8) is 0 Å². The van der Waals surface area contributed by atoms with E-state index in [1.165, 1.54) is 0 Å². The fourth-order valence-electron chi connectivity index (χ4n) is 1.03. The van der Waals surface area contributed by atoms with Gasteiger partial charge in [0.25, 0.3) is 0 Å². The normalized spacial score (nSPS) is 9.88. The van der Waals surface area contributed by atoms with E-state index in [9.17, 15) is 9.59 Å². The van der Waals surface area contributed by atoms with Crippen LogP contribution in [0.2, 0.25) is 5.02 Å². The third-order valence-electron chi connectivity index (χ3n) is 1.69. The number of benzene rings is 1.